The lowest BCUT2D eigenvalue weighted by atomic mass is 10.2. The molecule has 0 saturated carbocycles. The summed E-state index contributed by atoms with van der Waals surface area (Å²) < 4.78 is 0. The Balaban J connectivity index is 2.06. The third kappa shape index (κ3) is 4.07. The van der Waals surface area contributed by atoms with E-state index in [1.54, 1.807) is 24.3 Å². The molecule has 0 unspecified atom stereocenters. The summed E-state index contributed by atoms with van der Waals surface area (Å²) in [6.07, 6.45) is 0. The molecule has 0 aliphatic heterocycles. The first kappa shape index (κ1) is 15.6. The van der Waals surface area contributed by atoms with E-state index in [0.717, 1.165) is 0 Å². The van der Waals surface area contributed by atoms with Gasteiger partial charge < -0.3 is 5.32 Å². The third-order valence-corrected chi connectivity index (χ3v) is 3.24. The van der Waals surface area contributed by atoms with Crippen LogP contribution in [0.1, 0.15) is 10.4 Å². The van der Waals surface area contributed by atoms with Gasteiger partial charge in [-0.3, -0.25) is 10.1 Å². The Morgan fingerprint density at radius 2 is 1.71 bits per heavy atom. The predicted molar refractivity (Wildman–Crippen MR) is 82.2 cm³/mol. The molecule has 3 amide bonds. The van der Waals surface area contributed by atoms with E-state index >= 15 is 0 Å². The van der Waals surface area contributed by atoms with E-state index in [-0.39, 0.29) is 15.9 Å². The molecule has 2 rings (SSSR count). The minimum absolute atomic E-state index is 0.0374. The van der Waals surface area contributed by atoms with E-state index < -0.39 is 11.9 Å². The van der Waals surface area contributed by atoms with Crippen LogP contribution in [0.3, 0.4) is 0 Å². The first-order chi connectivity index (χ1) is 9.97. The maximum Gasteiger partial charge on any atom is 0.326 e. The number of amides is 3. The molecule has 0 fully saturated rings. The average molecular weight is 345 g/mol. The van der Waals surface area contributed by atoms with Crippen LogP contribution in [0.15, 0.2) is 36.4 Å². The molecule has 0 aliphatic rings. The molecule has 1 aromatic carbocycles. The Bertz CT molecular complexity index is 707. The molecule has 0 saturated heterocycles. The van der Waals surface area contributed by atoms with Crippen LogP contribution >= 0.6 is 34.8 Å². The van der Waals surface area contributed by atoms with E-state index in [9.17, 15) is 9.59 Å². The van der Waals surface area contributed by atoms with E-state index in [1.807, 2.05) is 0 Å². The van der Waals surface area contributed by atoms with Gasteiger partial charge in [0.25, 0.3) is 5.91 Å². The SMILES string of the molecule is O=C(NC(=O)c1ccc(Cl)nc1Cl)Nc1ccccc1Cl. The highest BCUT2D eigenvalue weighted by atomic mass is 35.5. The molecule has 0 radical (unpaired) electrons. The van der Waals surface area contributed by atoms with E-state index in [1.165, 1.54) is 12.1 Å². The van der Waals surface area contributed by atoms with Crippen molar-refractivity contribution in [3.63, 3.8) is 0 Å². The highest BCUT2D eigenvalue weighted by Gasteiger charge is 2.15. The lowest BCUT2D eigenvalue weighted by Gasteiger charge is -2.08. The number of rotatable bonds is 2. The van der Waals surface area contributed by atoms with Crippen molar-refractivity contribution >= 4 is 52.4 Å². The van der Waals surface area contributed by atoms with Gasteiger partial charge in [0.2, 0.25) is 0 Å². The van der Waals surface area contributed by atoms with Crippen LogP contribution in [0.4, 0.5) is 10.5 Å². The number of halogens is 3. The molecule has 5 nitrogen and oxygen atoms in total. The Morgan fingerprint density at radius 3 is 2.38 bits per heavy atom. The molecule has 0 atom stereocenters. The molecular formula is C13H8Cl3N3O2. The Morgan fingerprint density at radius 1 is 1.00 bits per heavy atom. The number of hydrogen-bond donors (Lipinski definition) is 2. The minimum atomic E-state index is -0.737. The van der Waals surface area contributed by atoms with Crippen LogP contribution in [-0.4, -0.2) is 16.9 Å². The smallest absolute Gasteiger partial charge is 0.306 e. The van der Waals surface area contributed by atoms with E-state index in [0.29, 0.717) is 10.7 Å². The van der Waals surface area contributed by atoms with Crippen LogP contribution in [0.25, 0.3) is 0 Å². The summed E-state index contributed by atoms with van der Waals surface area (Å²) in [6.45, 7) is 0. The zero-order valence-electron chi connectivity index (χ0n) is 10.4. The second-order valence-electron chi connectivity index (χ2n) is 3.86. The fourth-order valence-corrected chi connectivity index (χ4v) is 2.08. The van der Waals surface area contributed by atoms with Gasteiger partial charge in [-0.05, 0) is 24.3 Å². The lowest BCUT2D eigenvalue weighted by molar-refractivity contribution is 0.0967. The summed E-state index contributed by atoms with van der Waals surface area (Å²) in [4.78, 5) is 27.3. The molecule has 2 N–H and O–H groups in total. The fourth-order valence-electron chi connectivity index (χ4n) is 1.47. The number of nitrogens with one attached hydrogen (secondary N) is 2. The van der Waals surface area contributed by atoms with Gasteiger partial charge in [-0.2, -0.15) is 0 Å². The van der Waals surface area contributed by atoms with Crippen molar-refractivity contribution in [3.05, 3.63) is 57.3 Å². The van der Waals surface area contributed by atoms with E-state index in [4.69, 9.17) is 34.8 Å². The number of para-hydroxylation sites is 1. The molecule has 108 valence electrons. The van der Waals surface area contributed by atoms with Gasteiger partial charge in [0.05, 0.1) is 16.3 Å². The Hall–Kier alpha value is -1.82. The summed E-state index contributed by atoms with van der Waals surface area (Å²) in [5.41, 5.74) is 0.417. The zero-order chi connectivity index (χ0) is 15.4. The Labute approximate surface area is 135 Å². The maximum atomic E-state index is 11.9. The highest BCUT2D eigenvalue weighted by Crippen LogP contribution is 2.20. The third-order valence-electron chi connectivity index (χ3n) is 2.41. The van der Waals surface area contributed by atoms with Gasteiger partial charge >= 0.3 is 6.03 Å². The van der Waals surface area contributed by atoms with Crippen LogP contribution < -0.4 is 10.6 Å². The van der Waals surface area contributed by atoms with Crippen molar-refractivity contribution < 1.29 is 9.59 Å². The zero-order valence-corrected chi connectivity index (χ0v) is 12.6. The topological polar surface area (TPSA) is 71.1 Å². The maximum absolute atomic E-state index is 11.9. The fraction of sp³-hybridized carbons (Fsp3) is 0. The van der Waals surface area contributed by atoms with Crippen molar-refractivity contribution in [2.45, 2.75) is 0 Å². The molecule has 0 spiro atoms. The number of benzene rings is 1. The number of imide groups is 1. The van der Waals surface area contributed by atoms with E-state index in [2.05, 4.69) is 15.6 Å². The number of nitrogens with zero attached hydrogens (tertiary/aromatic N) is 1. The van der Waals surface area contributed by atoms with Gasteiger partial charge in [-0.1, -0.05) is 46.9 Å². The van der Waals surface area contributed by atoms with Crippen molar-refractivity contribution in [2.75, 3.05) is 5.32 Å². The molecule has 2 aromatic rings. The van der Waals surface area contributed by atoms with Gasteiger partial charge in [0.15, 0.2) is 0 Å². The Kier molecular flexibility index (Phi) is 5.01. The summed E-state index contributed by atoms with van der Waals surface area (Å²) in [5, 5.41) is 4.98. The van der Waals surface area contributed by atoms with Gasteiger partial charge in [-0.25, -0.2) is 9.78 Å². The highest BCUT2D eigenvalue weighted by molar-refractivity contribution is 6.35. The minimum Gasteiger partial charge on any atom is -0.306 e. The first-order valence-electron chi connectivity index (χ1n) is 5.66. The number of hydrogen-bond acceptors (Lipinski definition) is 3. The summed E-state index contributed by atoms with van der Waals surface area (Å²) in [5.74, 6) is -0.700. The van der Waals surface area contributed by atoms with Crippen LogP contribution in [0, 0.1) is 0 Å². The normalized spacial score (nSPS) is 10.0. The lowest BCUT2D eigenvalue weighted by Crippen LogP contribution is -2.34. The summed E-state index contributed by atoms with van der Waals surface area (Å²) in [7, 11) is 0. The van der Waals surface area contributed by atoms with Crippen molar-refractivity contribution in [2.24, 2.45) is 0 Å². The molecule has 0 bridgehead atoms. The van der Waals surface area contributed by atoms with Crippen LogP contribution in [-0.2, 0) is 0 Å². The van der Waals surface area contributed by atoms with Crippen molar-refractivity contribution in [3.8, 4) is 0 Å². The largest absolute Gasteiger partial charge is 0.326 e. The number of pyridine rings is 1. The number of urea groups is 1. The number of aromatic nitrogens is 1. The van der Waals surface area contributed by atoms with Crippen molar-refractivity contribution in [1.29, 1.82) is 0 Å². The second-order valence-corrected chi connectivity index (χ2v) is 5.01. The first-order valence-corrected chi connectivity index (χ1v) is 6.79. The summed E-state index contributed by atoms with van der Waals surface area (Å²) >= 11 is 17.3. The molecule has 21 heavy (non-hydrogen) atoms. The summed E-state index contributed by atoms with van der Waals surface area (Å²) in [6, 6.07) is 8.66. The van der Waals surface area contributed by atoms with Gasteiger partial charge in [0.1, 0.15) is 10.3 Å². The number of carbonyl (C=O) groups is 2. The molecule has 1 aromatic heterocycles. The molecule has 1 heterocycles. The number of anilines is 1. The quantitative estimate of drug-likeness (QED) is 0.809. The number of carbonyl (C=O) groups excluding carboxylic acids is 2. The predicted octanol–water partition coefficient (Wildman–Crippen LogP) is 4.00. The van der Waals surface area contributed by atoms with Gasteiger partial charge in [-0.15, -0.1) is 0 Å². The molecule has 8 heteroatoms. The second kappa shape index (κ2) is 6.76. The average Bonchev–Trinajstić information content (AvgIpc) is 2.41. The van der Waals surface area contributed by atoms with Crippen LogP contribution in [0.5, 0.6) is 0 Å². The van der Waals surface area contributed by atoms with Crippen LogP contribution in [0.2, 0.25) is 15.3 Å². The van der Waals surface area contributed by atoms with Crippen molar-refractivity contribution in [1.82, 2.24) is 10.3 Å². The van der Waals surface area contributed by atoms with Gasteiger partial charge in [0, 0.05) is 0 Å². The molecular weight excluding hydrogens is 337 g/mol. The monoisotopic (exact) mass is 343 g/mol. The standard InChI is InChI=1S/C13H8Cl3N3O2/c14-8-3-1-2-4-9(8)17-13(21)19-12(20)7-5-6-10(15)18-11(7)16/h1-6H,(H2,17,19,20,21). The molecule has 0 aliphatic carbocycles.